The maximum Gasteiger partial charge on any atom is 0.125 e. The van der Waals surface area contributed by atoms with Crippen LogP contribution in [0, 0.1) is 5.82 Å². The van der Waals surface area contributed by atoms with Gasteiger partial charge in [0.05, 0.1) is 6.04 Å². The molecule has 0 amide bonds. The van der Waals surface area contributed by atoms with Crippen LogP contribution in [0.1, 0.15) is 35.6 Å². The molecule has 0 saturated heterocycles. The summed E-state index contributed by atoms with van der Waals surface area (Å²) in [5, 5.41) is 10.1. The first-order valence-electron chi connectivity index (χ1n) is 7.60. The topological polar surface area (TPSA) is 23.5 Å². The number of hydrogen-bond acceptors (Lipinski definition) is 2. The molecule has 2 aromatic rings. The Balaban J connectivity index is 1.78. The van der Waals surface area contributed by atoms with Gasteiger partial charge >= 0.3 is 0 Å². The van der Waals surface area contributed by atoms with Crippen molar-refractivity contribution in [3.05, 3.63) is 58.9 Å². The van der Waals surface area contributed by atoms with Crippen molar-refractivity contribution in [2.45, 2.75) is 31.7 Å². The predicted octanol–water partition coefficient (Wildman–Crippen LogP) is 3.97. The predicted molar refractivity (Wildman–Crippen MR) is 81.2 cm³/mol. The molecule has 1 N–H and O–H groups in total. The minimum Gasteiger partial charge on any atom is -0.508 e. The van der Waals surface area contributed by atoms with E-state index in [1.807, 2.05) is 12.1 Å². The lowest BCUT2D eigenvalue weighted by atomic mass is 9.86. The molecule has 2 aromatic carbocycles. The molecule has 2 aliphatic rings. The lowest BCUT2D eigenvalue weighted by Gasteiger charge is -2.35. The van der Waals surface area contributed by atoms with Crippen LogP contribution in [0.25, 0.3) is 0 Å². The number of phenolic OH excluding ortho intramolecular Hbond substituents is 1. The van der Waals surface area contributed by atoms with E-state index >= 15 is 0 Å². The molecule has 21 heavy (non-hydrogen) atoms. The molecule has 0 fully saturated rings. The maximum absolute atomic E-state index is 13.6. The van der Waals surface area contributed by atoms with E-state index in [1.165, 1.54) is 11.1 Å². The lowest BCUT2D eigenvalue weighted by molar-refractivity contribution is 0.451. The van der Waals surface area contributed by atoms with E-state index in [2.05, 4.69) is 11.0 Å². The van der Waals surface area contributed by atoms with Crippen LogP contribution in [-0.2, 0) is 12.8 Å². The van der Waals surface area contributed by atoms with Gasteiger partial charge in [0.15, 0.2) is 0 Å². The van der Waals surface area contributed by atoms with Crippen LogP contribution in [0.5, 0.6) is 5.75 Å². The van der Waals surface area contributed by atoms with Gasteiger partial charge in [0.25, 0.3) is 0 Å². The molecule has 1 aliphatic carbocycles. The van der Waals surface area contributed by atoms with Gasteiger partial charge in [-0.1, -0.05) is 18.2 Å². The zero-order valence-electron chi connectivity index (χ0n) is 11.8. The number of rotatable bonds is 1. The summed E-state index contributed by atoms with van der Waals surface area (Å²) in [7, 11) is 0. The zero-order valence-corrected chi connectivity index (χ0v) is 11.8. The standard InChI is InChI=1S/C18H18FNO/c19-13-8-7-12-9-10-20(17(12)11-13)16-5-1-4-15-14(16)3-2-6-18(15)21/h2-3,6-8,11,16,21H,1,4-5,9-10H2. The molecular formula is C18H18FNO. The fraction of sp³-hybridized carbons (Fsp3) is 0.333. The van der Waals surface area contributed by atoms with Gasteiger partial charge in [-0.15, -0.1) is 0 Å². The molecule has 2 nitrogen and oxygen atoms in total. The average molecular weight is 283 g/mol. The van der Waals surface area contributed by atoms with Crippen molar-refractivity contribution in [2.24, 2.45) is 0 Å². The van der Waals surface area contributed by atoms with E-state index in [0.29, 0.717) is 5.75 Å². The van der Waals surface area contributed by atoms with Crippen LogP contribution < -0.4 is 4.90 Å². The SMILES string of the molecule is Oc1cccc2c1CCCC2N1CCc2ccc(F)cc21. The highest BCUT2D eigenvalue weighted by molar-refractivity contribution is 5.61. The highest BCUT2D eigenvalue weighted by Gasteiger charge is 2.31. The van der Waals surface area contributed by atoms with Crippen LogP contribution in [0.3, 0.4) is 0 Å². The second-order valence-corrected chi connectivity index (χ2v) is 5.97. The fourth-order valence-electron chi connectivity index (χ4n) is 3.83. The van der Waals surface area contributed by atoms with Gasteiger partial charge < -0.3 is 10.0 Å². The number of hydrogen-bond donors (Lipinski definition) is 1. The first-order chi connectivity index (χ1) is 10.2. The molecule has 3 heteroatoms. The number of benzene rings is 2. The second-order valence-electron chi connectivity index (χ2n) is 5.97. The largest absolute Gasteiger partial charge is 0.508 e. The van der Waals surface area contributed by atoms with Crippen molar-refractivity contribution in [1.82, 2.24) is 0 Å². The third-order valence-corrected chi connectivity index (χ3v) is 4.81. The fourth-order valence-corrected chi connectivity index (χ4v) is 3.83. The zero-order chi connectivity index (χ0) is 14.4. The van der Waals surface area contributed by atoms with Crippen LogP contribution >= 0.6 is 0 Å². The van der Waals surface area contributed by atoms with Crippen molar-refractivity contribution in [3.63, 3.8) is 0 Å². The van der Waals surface area contributed by atoms with Crippen LogP contribution in [0.4, 0.5) is 10.1 Å². The lowest BCUT2D eigenvalue weighted by Crippen LogP contribution is -2.29. The summed E-state index contributed by atoms with van der Waals surface area (Å²) < 4.78 is 13.6. The Morgan fingerprint density at radius 1 is 1.14 bits per heavy atom. The quantitative estimate of drug-likeness (QED) is 0.856. The van der Waals surface area contributed by atoms with Gasteiger partial charge in [0.2, 0.25) is 0 Å². The molecule has 108 valence electrons. The monoisotopic (exact) mass is 283 g/mol. The van der Waals surface area contributed by atoms with E-state index in [4.69, 9.17) is 0 Å². The molecule has 0 radical (unpaired) electrons. The number of halogens is 1. The molecule has 0 spiro atoms. The summed E-state index contributed by atoms with van der Waals surface area (Å²) in [5.41, 5.74) is 4.52. The van der Waals surface area contributed by atoms with Crippen molar-refractivity contribution < 1.29 is 9.50 Å². The summed E-state index contributed by atoms with van der Waals surface area (Å²) in [6.07, 6.45) is 4.03. The van der Waals surface area contributed by atoms with Crippen molar-refractivity contribution in [1.29, 1.82) is 0 Å². The molecule has 0 aromatic heterocycles. The Hall–Kier alpha value is -2.03. The van der Waals surface area contributed by atoms with Crippen molar-refractivity contribution >= 4 is 5.69 Å². The Kier molecular flexibility index (Phi) is 2.88. The normalized spacial score (nSPS) is 20.2. The minimum absolute atomic E-state index is 0.174. The molecule has 1 aliphatic heterocycles. The van der Waals surface area contributed by atoms with E-state index in [9.17, 15) is 9.50 Å². The van der Waals surface area contributed by atoms with Crippen LogP contribution in [-0.4, -0.2) is 11.7 Å². The maximum atomic E-state index is 13.6. The average Bonchev–Trinajstić information content (AvgIpc) is 2.90. The van der Waals surface area contributed by atoms with Gasteiger partial charge in [-0.25, -0.2) is 4.39 Å². The van der Waals surface area contributed by atoms with Gasteiger partial charge in [0, 0.05) is 12.2 Å². The summed E-state index contributed by atoms with van der Waals surface area (Å²) in [6, 6.07) is 11.1. The van der Waals surface area contributed by atoms with Crippen molar-refractivity contribution in [2.75, 3.05) is 11.4 Å². The Labute approximate surface area is 123 Å². The third-order valence-electron chi connectivity index (χ3n) is 4.81. The molecular weight excluding hydrogens is 265 g/mol. The smallest absolute Gasteiger partial charge is 0.125 e. The molecule has 1 atom stereocenters. The summed E-state index contributed by atoms with van der Waals surface area (Å²) >= 11 is 0. The highest BCUT2D eigenvalue weighted by Crippen LogP contribution is 2.43. The van der Waals surface area contributed by atoms with Crippen molar-refractivity contribution in [3.8, 4) is 5.75 Å². The Morgan fingerprint density at radius 2 is 2.05 bits per heavy atom. The molecule has 1 unspecified atom stereocenters. The Morgan fingerprint density at radius 3 is 2.95 bits per heavy atom. The van der Waals surface area contributed by atoms with Gasteiger partial charge in [0.1, 0.15) is 11.6 Å². The summed E-state index contributed by atoms with van der Waals surface area (Å²) in [5.74, 6) is 0.225. The first kappa shape index (κ1) is 12.7. The van der Waals surface area contributed by atoms with Gasteiger partial charge in [-0.2, -0.15) is 0 Å². The highest BCUT2D eigenvalue weighted by atomic mass is 19.1. The van der Waals surface area contributed by atoms with Crippen LogP contribution in [0.2, 0.25) is 0 Å². The number of anilines is 1. The third kappa shape index (κ3) is 1.99. The van der Waals surface area contributed by atoms with E-state index in [0.717, 1.165) is 43.5 Å². The summed E-state index contributed by atoms with van der Waals surface area (Å²) in [4.78, 5) is 2.32. The summed E-state index contributed by atoms with van der Waals surface area (Å²) in [6.45, 7) is 0.929. The van der Waals surface area contributed by atoms with E-state index in [1.54, 1.807) is 18.2 Å². The van der Waals surface area contributed by atoms with E-state index < -0.39 is 0 Å². The molecule has 0 bridgehead atoms. The minimum atomic E-state index is -0.174. The van der Waals surface area contributed by atoms with Crippen LogP contribution in [0.15, 0.2) is 36.4 Å². The molecule has 1 heterocycles. The Bertz CT molecular complexity index is 698. The molecule has 4 rings (SSSR count). The number of aromatic hydroxyl groups is 1. The second kappa shape index (κ2) is 4.76. The number of phenols is 1. The number of fused-ring (bicyclic) bond motifs is 2. The first-order valence-corrected chi connectivity index (χ1v) is 7.60. The van der Waals surface area contributed by atoms with E-state index in [-0.39, 0.29) is 11.9 Å². The number of nitrogens with zero attached hydrogens (tertiary/aromatic N) is 1. The van der Waals surface area contributed by atoms with Gasteiger partial charge in [-0.05, 0) is 60.6 Å². The molecule has 0 saturated carbocycles. The van der Waals surface area contributed by atoms with Gasteiger partial charge in [-0.3, -0.25) is 0 Å².